The van der Waals surface area contributed by atoms with Gasteiger partial charge in [0.15, 0.2) is 9.84 Å². The molecule has 0 unspecified atom stereocenters. The second-order valence-electron chi connectivity index (χ2n) is 3.70. The Morgan fingerprint density at radius 1 is 1.44 bits per heavy atom. The fourth-order valence-corrected chi connectivity index (χ4v) is 1.96. The minimum atomic E-state index is -3.31. The van der Waals surface area contributed by atoms with E-state index < -0.39 is 9.84 Å². The number of rotatable bonds is 3. The average Bonchev–Trinajstić information content (AvgIpc) is 2.77. The molecule has 3 N–H and O–H groups in total. The fraction of sp³-hybridized carbons (Fsp3) is 0.100. The van der Waals surface area contributed by atoms with Gasteiger partial charge in [-0.3, -0.25) is 10.4 Å². The molecule has 0 saturated heterocycles. The van der Waals surface area contributed by atoms with Gasteiger partial charge in [0.25, 0.3) is 0 Å². The molecule has 8 heteroatoms. The first-order valence-electron chi connectivity index (χ1n) is 4.93. The van der Waals surface area contributed by atoms with E-state index in [9.17, 15) is 8.42 Å². The van der Waals surface area contributed by atoms with Crippen LogP contribution in [0.25, 0.3) is 5.69 Å². The highest BCUT2D eigenvalue weighted by atomic mass is 32.2. The Bertz CT molecular complexity index is 705. The molecule has 0 spiro atoms. The van der Waals surface area contributed by atoms with Crippen molar-refractivity contribution in [3.05, 3.63) is 36.4 Å². The number of hydrogen-bond donors (Lipinski definition) is 2. The zero-order valence-electron chi connectivity index (χ0n) is 9.53. The van der Waals surface area contributed by atoms with E-state index >= 15 is 0 Å². The largest absolute Gasteiger partial charge is 0.384 e. The molecule has 0 aliphatic heterocycles. The molecule has 0 aliphatic carbocycles. The summed E-state index contributed by atoms with van der Waals surface area (Å²) < 4.78 is 24.1. The van der Waals surface area contributed by atoms with Gasteiger partial charge in [-0.25, -0.2) is 13.1 Å². The van der Waals surface area contributed by atoms with Crippen molar-refractivity contribution in [1.82, 2.24) is 14.8 Å². The molecule has 7 nitrogen and oxygen atoms in total. The summed E-state index contributed by atoms with van der Waals surface area (Å²) in [5.41, 5.74) is 6.34. The first-order valence-corrected chi connectivity index (χ1v) is 6.82. The number of aromatic nitrogens is 3. The molecule has 2 heterocycles. The molecule has 0 atom stereocenters. The first kappa shape index (κ1) is 12.2. The molecule has 0 fully saturated rings. The minimum Gasteiger partial charge on any atom is -0.384 e. The zero-order valence-corrected chi connectivity index (χ0v) is 10.3. The van der Waals surface area contributed by atoms with Crippen molar-refractivity contribution < 1.29 is 8.42 Å². The summed E-state index contributed by atoms with van der Waals surface area (Å²) in [4.78, 5) is 4.01. The Morgan fingerprint density at radius 2 is 2.17 bits per heavy atom. The second-order valence-corrected chi connectivity index (χ2v) is 5.72. The number of pyridine rings is 1. The number of hydrogen-bond acceptors (Lipinski definition) is 5. The molecule has 0 aromatic carbocycles. The van der Waals surface area contributed by atoms with Crippen LogP contribution in [-0.4, -0.2) is 35.3 Å². The predicted molar refractivity (Wildman–Crippen MR) is 65.5 cm³/mol. The maximum Gasteiger partial charge on any atom is 0.178 e. The van der Waals surface area contributed by atoms with Gasteiger partial charge in [0, 0.05) is 24.2 Å². The predicted octanol–water partition coefficient (Wildman–Crippen LogP) is -0.0451. The van der Waals surface area contributed by atoms with Gasteiger partial charge in [-0.15, -0.1) is 0 Å². The third kappa shape index (κ3) is 2.23. The Hall–Kier alpha value is -2.22. The van der Waals surface area contributed by atoms with Crippen LogP contribution >= 0.6 is 0 Å². The van der Waals surface area contributed by atoms with Gasteiger partial charge in [-0.1, -0.05) is 0 Å². The van der Waals surface area contributed by atoms with E-state index in [-0.39, 0.29) is 10.7 Å². The van der Waals surface area contributed by atoms with Crippen molar-refractivity contribution >= 4 is 15.7 Å². The Kier molecular flexibility index (Phi) is 2.87. The third-order valence-electron chi connectivity index (χ3n) is 2.32. The molecule has 0 amide bonds. The molecule has 0 radical (unpaired) electrons. The molecule has 2 rings (SSSR count). The van der Waals surface area contributed by atoms with Crippen molar-refractivity contribution in [3.8, 4) is 5.69 Å². The Balaban J connectivity index is 2.57. The number of nitrogens with two attached hydrogens (primary N) is 1. The summed E-state index contributed by atoms with van der Waals surface area (Å²) in [6.07, 6.45) is 6.67. The standard InChI is InChI=1S/C10H11N5O2S/c1-18(16,17)7-4-14-15(6-7)9-5-13-3-2-8(9)10(11)12/h2-6H,1H3,(H3,11,12). The minimum absolute atomic E-state index is 0.0980. The van der Waals surface area contributed by atoms with Crippen LogP contribution in [0.3, 0.4) is 0 Å². The quantitative estimate of drug-likeness (QED) is 0.596. The van der Waals surface area contributed by atoms with E-state index in [1.807, 2.05) is 0 Å². The van der Waals surface area contributed by atoms with Crippen LogP contribution in [0.15, 0.2) is 35.7 Å². The normalized spacial score (nSPS) is 11.4. The van der Waals surface area contributed by atoms with Crippen LogP contribution < -0.4 is 5.73 Å². The lowest BCUT2D eigenvalue weighted by molar-refractivity contribution is 0.602. The van der Waals surface area contributed by atoms with Crippen molar-refractivity contribution in [2.24, 2.45) is 5.73 Å². The van der Waals surface area contributed by atoms with Crippen LogP contribution in [0, 0.1) is 5.41 Å². The van der Waals surface area contributed by atoms with Gasteiger partial charge in [-0.05, 0) is 6.07 Å². The second kappa shape index (κ2) is 4.22. The van der Waals surface area contributed by atoms with Crippen LogP contribution in [-0.2, 0) is 9.84 Å². The van der Waals surface area contributed by atoms with Crippen molar-refractivity contribution in [2.45, 2.75) is 4.90 Å². The molecule has 0 aliphatic rings. The summed E-state index contributed by atoms with van der Waals surface area (Å²) in [6.45, 7) is 0. The van der Waals surface area contributed by atoms with Gasteiger partial charge in [-0.2, -0.15) is 5.10 Å². The summed E-state index contributed by atoms with van der Waals surface area (Å²) in [7, 11) is -3.31. The maximum atomic E-state index is 11.4. The summed E-state index contributed by atoms with van der Waals surface area (Å²) in [6, 6.07) is 1.57. The van der Waals surface area contributed by atoms with Crippen LogP contribution in [0.5, 0.6) is 0 Å². The van der Waals surface area contributed by atoms with E-state index in [0.29, 0.717) is 11.3 Å². The smallest absolute Gasteiger partial charge is 0.178 e. The lowest BCUT2D eigenvalue weighted by Crippen LogP contribution is -2.15. The molecule has 0 saturated carbocycles. The van der Waals surface area contributed by atoms with E-state index in [2.05, 4.69) is 10.1 Å². The summed E-state index contributed by atoms with van der Waals surface area (Å²) in [5.74, 6) is -0.135. The molecule has 2 aromatic rings. The van der Waals surface area contributed by atoms with Crippen molar-refractivity contribution in [2.75, 3.05) is 6.26 Å². The number of nitrogen functional groups attached to an aromatic ring is 1. The number of nitrogens with zero attached hydrogens (tertiary/aromatic N) is 3. The number of nitrogens with one attached hydrogen (secondary N) is 1. The van der Waals surface area contributed by atoms with Gasteiger partial charge in [0.1, 0.15) is 10.7 Å². The van der Waals surface area contributed by atoms with E-state index in [0.717, 1.165) is 6.26 Å². The third-order valence-corrected chi connectivity index (χ3v) is 3.39. The zero-order chi connectivity index (χ0) is 13.3. The Labute approximate surface area is 104 Å². The maximum absolute atomic E-state index is 11.4. The van der Waals surface area contributed by atoms with Crippen LogP contribution in [0.4, 0.5) is 0 Å². The average molecular weight is 265 g/mol. The summed E-state index contributed by atoms with van der Waals surface area (Å²) in [5, 5.41) is 11.4. The fourth-order valence-electron chi connectivity index (χ4n) is 1.43. The summed E-state index contributed by atoms with van der Waals surface area (Å²) >= 11 is 0. The van der Waals surface area contributed by atoms with Gasteiger partial charge in [0.2, 0.25) is 0 Å². The number of amidine groups is 1. The Morgan fingerprint density at radius 3 is 2.72 bits per heavy atom. The van der Waals surface area contributed by atoms with Gasteiger partial charge in [0.05, 0.1) is 18.1 Å². The lowest BCUT2D eigenvalue weighted by atomic mass is 10.2. The first-order chi connectivity index (χ1) is 8.39. The van der Waals surface area contributed by atoms with Crippen LogP contribution in [0.1, 0.15) is 5.56 Å². The monoisotopic (exact) mass is 265 g/mol. The van der Waals surface area contributed by atoms with Gasteiger partial charge < -0.3 is 5.73 Å². The highest BCUT2D eigenvalue weighted by Gasteiger charge is 2.13. The van der Waals surface area contributed by atoms with E-state index in [1.165, 1.54) is 29.5 Å². The molecule has 2 aromatic heterocycles. The van der Waals surface area contributed by atoms with E-state index in [1.54, 1.807) is 6.07 Å². The topological polar surface area (TPSA) is 115 Å². The number of sulfone groups is 1. The SMILES string of the molecule is CS(=O)(=O)c1cnn(-c2cnccc2C(=N)N)c1. The molecule has 18 heavy (non-hydrogen) atoms. The van der Waals surface area contributed by atoms with E-state index in [4.69, 9.17) is 11.1 Å². The van der Waals surface area contributed by atoms with Gasteiger partial charge >= 0.3 is 0 Å². The molecular formula is C10H11N5O2S. The highest BCUT2D eigenvalue weighted by molar-refractivity contribution is 7.90. The van der Waals surface area contributed by atoms with Crippen molar-refractivity contribution in [1.29, 1.82) is 5.41 Å². The highest BCUT2D eigenvalue weighted by Crippen LogP contribution is 2.14. The molecule has 0 bridgehead atoms. The lowest BCUT2D eigenvalue weighted by Gasteiger charge is -2.06. The van der Waals surface area contributed by atoms with Crippen LogP contribution in [0.2, 0.25) is 0 Å². The molecular weight excluding hydrogens is 254 g/mol. The molecule has 94 valence electrons. The van der Waals surface area contributed by atoms with Crippen molar-refractivity contribution in [3.63, 3.8) is 0 Å².